The Balaban J connectivity index is 2.03. The fraction of sp³-hybridized carbons (Fsp3) is 1.00. The van der Waals surface area contributed by atoms with E-state index >= 15 is 0 Å². The number of aliphatic hydroxyl groups excluding tert-OH is 1. The van der Waals surface area contributed by atoms with E-state index in [0.717, 1.165) is 12.8 Å². The summed E-state index contributed by atoms with van der Waals surface area (Å²) < 4.78 is 11.0. The molecule has 0 aromatic carbocycles. The molecule has 4 nitrogen and oxygen atoms in total. The molecule has 2 N–H and O–H groups in total. The van der Waals surface area contributed by atoms with Gasteiger partial charge in [-0.2, -0.15) is 0 Å². The maximum absolute atomic E-state index is 11.0. The Morgan fingerprint density at radius 1 is 1.15 bits per heavy atom. The van der Waals surface area contributed by atoms with Crippen LogP contribution in [-0.2, 0) is 9.47 Å². The Bertz CT molecular complexity index is 396. The minimum absolute atomic E-state index is 0.0348. The molecule has 2 saturated carbocycles. The molecule has 0 aromatic heterocycles. The molecule has 3 fully saturated rings. The van der Waals surface area contributed by atoms with E-state index in [4.69, 9.17) is 9.47 Å². The van der Waals surface area contributed by atoms with Gasteiger partial charge in [-0.3, -0.25) is 0 Å². The molecule has 0 radical (unpaired) electrons. The monoisotopic (exact) mass is 284 g/mol. The number of methoxy groups -OCH3 is 1. The molecule has 1 aliphatic heterocycles. The number of aliphatic hydroxyl groups is 2. The van der Waals surface area contributed by atoms with Crippen LogP contribution in [0.1, 0.15) is 52.9 Å². The minimum atomic E-state index is -1.15. The van der Waals surface area contributed by atoms with Gasteiger partial charge in [-0.25, -0.2) is 0 Å². The lowest BCUT2D eigenvalue weighted by Crippen LogP contribution is -2.61. The zero-order valence-corrected chi connectivity index (χ0v) is 13.1. The van der Waals surface area contributed by atoms with Crippen LogP contribution in [0, 0.1) is 22.7 Å². The summed E-state index contributed by atoms with van der Waals surface area (Å²) in [5.41, 5.74) is -0.910. The van der Waals surface area contributed by atoms with E-state index in [-0.39, 0.29) is 16.7 Å². The number of fused-ring (bicyclic) bond motifs is 3. The van der Waals surface area contributed by atoms with Crippen molar-refractivity contribution in [1.29, 1.82) is 0 Å². The van der Waals surface area contributed by atoms with Crippen LogP contribution in [0.15, 0.2) is 0 Å². The van der Waals surface area contributed by atoms with Crippen molar-refractivity contribution >= 4 is 0 Å². The maximum Gasteiger partial charge on any atom is 0.187 e. The van der Waals surface area contributed by atoms with Crippen LogP contribution < -0.4 is 0 Å². The van der Waals surface area contributed by atoms with Crippen molar-refractivity contribution in [2.24, 2.45) is 22.7 Å². The Morgan fingerprint density at radius 2 is 1.85 bits per heavy atom. The predicted molar refractivity (Wildman–Crippen MR) is 74.8 cm³/mol. The van der Waals surface area contributed by atoms with E-state index in [2.05, 4.69) is 20.8 Å². The van der Waals surface area contributed by atoms with E-state index in [9.17, 15) is 10.2 Å². The number of rotatable bonds is 1. The van der Waals surface area contributed by atoms with Crippen molar-refractivity contribution in [2.45, 2.75) is 71.1 Å². The third-order valence-corrected chi connectivity index (χ3v) is 6.55. The highest BCUT2D eigenvalue weighted by Crippen LogP contribution is 2.65. The van der Waals surface area contributed by atoms with Crippen LogP contribution in [0.3, 0.4) is 0 Å². The smallest absolute Gasteiger partial charge is 0.187 e. The zero-order valence-electron chi connectivity index (χ0n) is 13.1. The van der Waals surface area contributed by atoms with Crippen LogP contribution in [-0.4, -0.2) is 35.5 Å². The van der Waals surface area contributed by atoms with Crippen molar-refractivity contribution in [3.8, 4) is 0 Å². The van der Waals surface area contributed by atoms with Gasteiger partial charge in [-0.05, 0) is 42.4 Å². The highest BCUT2D eigenvalue weighted by atomic mass is 16.7. The van der Waals surface area contributed by atoms with Crippen LogP contribution in [0.2, 0.25) is 0 Å². The molecule has 0 amide bonds. The van der Waals surface area contributed by atoms with Crippen molar-refractivity contribution < 1.29 is 19.7 Å². The Morgan fingerprint density at radius 3 is 2.50 bits per heavy atom. The second kappa shape index (κ2) is 4.42. The Labute approximate surface area is 121 Å². The largest absolute Gasteiger partial charge is 0.384 e. The first-order chi connectivity index (χ1) is 9.25. The third-order valence-electron chi connectivity index (χ3n) is 6.55. The van der Waals surface area contributed by atoms with Crippen molar-refractivity contribution in [2.75, 3.05) is 7.11 Å². The van der Waals surface area contributed by atoms with Crippen LogP contribution in [0.4, 0.5) is 0 Å². The summed E-state index contributed by atoms with van der Waals surface area (Å²) >= 11 is 0. The lowest BCUT2D eigenvalue weighted by atomic mass is 9.45. The molecule has 4 heteroatoms. The van der Waals surface area contributed by atoms with E-state index in [1.807, 2.05) is 0 Å². The van der Waals surface area contributed by atoms with Gasteiger partial charge in [0.1, 0.15) is 5.60 Å². The van der Waals surface area contributed by atoms with Crippen LogP contribution >= 0.6 is 0 Å². The Hall–Kier alpha value is -0.160. The van der Waals surface area contributed by atoms with Gasteiger partial charge in [0.15, 0.2) is 12.6 Å². The first-order valence-corrected chi connectivity index (χ1v) is 7.84. The average Bonchev–Trinajstić information content (AvgIpc) is 2.61. The van der Waals surface area contributed by atoms with Gasteiger partial charge in [-0.15, -0.1) is 0 Å². The van der Waals surface area contributed by atoms with Gasteiger partial charge < -0.3 is 19.7 Å². The average molecular weight is 284 g/mol. The molecular formula is C16H28O4. The predicted octanol–water partition coefficient (Wildman–Crippen LogP) is 2.28. The minimum Gasteiger partial charge on any atom is -0.384 e. The third kappa shape index (κ3) is 1.75. The molecule has 1 heterocycles. The zero-order chi connectivity index (χ0) is 14.8. The Kier molecular flexibility index (Phi) is 3.26. The van der Waals surface area contributed by atoms with Gasteiger partial charge in [0.2, 0.25) is 0 Å². The maximum atomic E-state index is 11.0. The van der Waals surface area contributed by atoms with Gasteiger partial charge in [0.05, 0.1) is 0 Å². The summed E-state index contributed by atoms with van der Waals surface area (Å²) in [5.74, 6) is 0.397. The van der Waals surface area contributed by atoms with E-state index in [1.54, 1.807) is 7.11 Å². The van der Waals surface area contributed by atoms with Crippen molar-refractivity contribution in [1.82, 2.24) is 0 Å². The molecule has 1 saturated heterocycles. The molecular weight excluding hydrogens is 256 g/mol. The van der Waals surface area contributed by atoms with Gasteiger partial charge in [0.25, 0.3) is 0 Å². The molecule has 0 unspecified atom stereocenters. The lowest BCUT2D eigenvalue weighted by molar-refractivity contribution is -0.209. The molecule has 0 aromatic rings. The normalized spacial score (nSPS) is 54.3. The topological polar surface area (TPSA) is 58.9 Å². The quantitative estimate of drug-likeness (QED) is 0.775. The van der Waals surface area contributed by atoms with E-state index in [1.165, 1.54) is 12.8 Å². The summed E-state index contributed by atoms with van der Waals surface area (Å²) in [6.07, 6.45) is 3.40. The van der Waals surface area contributed by atoms with Crippen LogP contribution in [0.5, 0.6) is 0 Å². The molecule has 116 valence electrons. The van der Waals surface area contributed by atoms with E-state index < -0.39 is 18.2 Å². The highest BCUT2D eigenvalue weighted by Gasteiger charge is 2.68. The SMILES string of the molecule is CO[C@@H]1O[C@H](O)[C@@]2(O)CC[C@H]3C(C)(C)CCC[C@]3(C)[C@@H]12. The van der Waals surface area contributed by atoms with Gasteiger partial charge in [-0.1, -0.05) is 27.2 Å². The second-order valence-corrected chi connectivity index (χ2v) is 8.00. The number of hydrogen-bond donors (Lipinski definition) is 2. The summed E-state index contributed by atoms with van der Waals surface area (Å²) in [4.78, 5) is 0. The van der Waals surface area contributed by atoms with Gasteiger partial charge in [0, 0.05) is 13.0 Å². The molecule has 0 spiro atoms. The summed E-state index contributed by atoms with van der Waals surface area (Å²) in [6.45, 7) is 6.95. The second-order valence-electron chi connectivity index (χ2n) is 8.00. The molecule has 0 bridgehead atoms. The number of ether oxygens (including phenoxy) is 2. The first-order valence-electron chi connectivity index (χ1n) is 7.84. The summed E-state index contributed by atoms with van der Waals surface area (Å²) in [5, 5.41) is 21.2. The van der Waals surface area contributed by atoms with Crippen molar-refractivity contribution in [3.63, 3.8) is 0 Å². The van der Waals surface area contributed by atoms with Crippen LogP contribution in [0.25, 0.3) is 0 Å². The van der Waals surface area contributed by atoms with Gasteiger partial charge >= 0.3 is 0 Å². The first kappa shape index (κ1) is 14.8. The number of hydrogen-bond acceptors (Lipinski definition) is 4. The fourth-order valence-corrected chi connectivity index (χ4v) is 5.70. The summed E-state index contributed by atoms with van der Waals surface area (Å²) in [6, 6.07) is 0. The fourth-order valence-electron chi connectivity index (χ4n) is 5.70. The van der Waals surface area contributed by atoms with E-state index in [0.29, 0.717) is 12.3 Å². The molecule has 6 atom stereocenters. The molecule has 3 rings (SSSR count). The summed E-state index contributed by atoms with van der Waals surface area (Å²) in [7, 11) is 1.60. The molecule has 3 aliphatic rings. The standard InChI is InChI=1S/C16H28O4/c1-14(2)7-5-8-15(3)10(14)6-9-16(18)11(15)12(19-4)20-13(16)17/h10-13,17-18H,5-9H2,1-4H3/t10-,11+,12+,13-,15-,16+/m0/s1. The lowest BCUT2D eigenvalue weighted by Gasteiger charge is -2.60. The highest BCUT2D eigenvalue weighted by molar-refractivity contribution is 5.12. The molecule has 2 aliphatic carbocycles. The molecule has 20 heavy (non-hydrogen) atoms. The van der Waals surface area contributed by atoms with Crippen molar-refractivity contribution in [3.05, 3.63) is 0 Å².